The van der Waals surface area contributed by atoms with Crippen molar-refractivity contribution in [3.8, 4) is 11.8 Å². The summed E-state index contributed by atoms with van der Waals surface area (Å²) in [5, 5.41) is 12.9. The average molecular weight is 444 g/mol. The largest absolute Gasteiger partial charge is 0.497 e. The van der Waals surface area contributed by atoms with Gasteiger partial charge in [-0.25, -0.2) is 9.97 Å². The Morgan fingerprint density at radius 1 is 1.06 bits per heavy atom. The lowest BCUT2D eigenvalue weighted by molar-refractivity contribution is -0.121. The number of carbonyl (C=O) groups is 1. The van der Waals surface area contributed by atoms with Gasteiger partial charge in [0.25, 0.3) is 0 Å². The van der Waals surface area contributed by atoms with Gasteiger partial charge in [-0.3, -0.25) is 4.79 Å². The van der Waals surface area contributed by atoms with E-state index in [1.165, 1.54) is 12.8 Å². The number of fused-ring (bicyclic) bond motifs is 1. The summed E-state index contributed by atoms with van der Waals surface area (Å²) in [5.41, 5.74) is 3.00. The Bertz CT molecular complexity index is 1130. The Balaban J connectivity index is 1.55. The molecule has 0 spiro atoms. The summed E-state index contributed by atoms with van der Waals surface area (Å²) in [6.45, 7) is 2.15. The number of methoxy groups -OCH3 is 1. The second-order valence-electron chi connectivity index (χ2n) is 8.27. The third-order valence-corrected chi connectivity index (χ3v) is 6.02. The first kappa shape index (κ1) is 22.5. The van der Waals surface area contributed by atoms with Crippen molar-refractivity contribution in [1.29, 1.82) is 5.26 Å². The van der Waals surface area contributed by atoms with Crippen LogP contribution in [0.4, 0.5) is 5.82 Å². The number of amides is 1. The van der Waals surface area contributed by atoms with Gasteiger partial charge in [0.15, 0.2) is 11.7 Å². The van der Waals surface area contributed by atoms with Gasteiger partial charge < -0.3 is 15.0 Å². The molecular formula is C26H29N5O2. The molecule has 170 valence electrons. The molecule has 0 bridgehead atoms. The summed E-state index contributed by atoms with van der Waals surface area (Å²) in [5.74, 6) is 0.0959. The van der Waals surface area contributed by atoms with Gasteiger partial charge in [-0.15, -0.1) is 0 Å². The first-order valence-corrected chi connectivity index (χ1v) is 11.5. The van der Waals surface area contributed by atoms with E-state index in [1.54, 1.807) is 7.11 Å². The van der Waals surface area contributed by atoms with E-state index in [4.69, 9.17) is 14.7 Å². The summed E-state index contributed by atoms with van der Waals surface area (Å²) >= 11 is 0. The number of nitrogens with one attached hydrogen (secondary N) is 1. The standard InChI is InChI=1S/C26H29N5O2/c1-33-20-12-10-19(11-13-20)14-15-28-26(32)21(18-27)24-25(31-16-6-2-3-7-17-31)30-23-9-5-4-8-22(23)29-24/h4-5,8-13,21H,2-3,6-7,14-17H2,1H3,(H,28,32). The molecule has 0 saturated carbocycles. The van der Waals surface area contributed by atoms with Crippen LogP contribution >= 0.6 is 0 Å². The third kappa shape index (κ3) is 5.40. The predicted octanol–water partition coefficient (Wildman–Crippen LogP) is 3.98. The van der Waals surface area contributed by atoms with Gasteiger partial charge in [-0.2, -0.15) is 5.26 Å². The number of nitrogens with zero attached hydrogens (tertiary/aromatic N) is 4. The van der Waals surface area contributed by atoms with Gasteiger partial charge in [0.1, 0.15) is 11.4 Å². The van der Waals surface area contributed by atoms with Crippen molar-refractivity contribution < 1.29 is 9.53 Å². The van der Waals surface area contributed by atoms with Crippen LogP contribution in [0.5, 0.6) is 5.75 Å². The quantitative estimate of drug-likeness (QED) is 0.594. The molecule has 1 N–H and O–H groups in total. The van der Waals surface area contributed by atoms with Crippen LogP contribution in [-0.4, -0.2) is 42.6 Å². The van der Waals surface area contributed by atoms with Crippen molar-refractivity contribution in [1.82, 2.24) is 15.3 Å². The normalized spacial score (nSPS) is 14.8. The predicted molar refractivity (Wildman–Crippen MR) is 128 cm³/mol. The maximum atomic E-state index is 13.1. The topological polar surface area (TPSA) is 91.1 Å². The van der Waals surface area contributed by atoms with Gasteiger partial charge in [0.05, 0.1) is 24.2 Å². The van der Waals surface area contributed by atoms with Gasteiger partial charge in [0, 0.05) is 19.6 Å². The third-order valence-electron chi connectivity index (χ3n) is 6.02. The fourth-order valence-corrected chi connectivity index (χ4v) is 4.18. The number of ether oxygens (including phenoxy) is 1. The van der Waals surface area contributed by atoms with E-state index in [9.17, 15) is 10.1 Å². The zero-order chi connectivity index (χ0) is 23.0. The van der Waals surface area contributed by atoms with Crippen molar-refractivity contribution in [3.63, 3.8) is 0 Å². The highest BCUT2D eigenvalue weighted by Crippen LogP contribution is 2.29. The van der Waals surface area contributed by atoms with Crippen molar-refractivity contribution in [3.05, 3.63) is 59.8 Å². The van der Waals surface area contributed by atoms with Crippen LogP contribution in [0.25, 0.3) is 11.0 Å². The van der Waals surface area contributed by atoms with E-state index in [1.807, 2.05) is 48.5 Å². The zero-order valence-corrected chi connectivity index (χ0v) is 19.0. The molecule has 1 atom stereocenters. The van der Waals surface area contributed by atoms with Crippen LogP contribution in [0.15, 0.2) is 48.5 Å². The molecule has 1 aliphatic rings. The van der Waals surface area contributed by atoms with E-state index in [0.29, 0.717) is 30.0 Å². The van der Waals surface area contributed by atoms with E-state index >= 15 is 0 Å². The summed E-state index contributed by atoms with van der Waals surface area (Å²) in [4.78, 5) is 24.9. The highest BCUT2D eigenvalue weighted by molar-refractivity contribution is 5.88. The molecule has 0 aliphatic carbocycles. The summed E-state index contributed by atoms with van der Waals surface area (Å²) in [7, 11) is 1.63. The molecule has 3 aromatic rings. The van der Waals surface area contributed by atoms with Gasteiger partial charge >= 0.3 is 0 Å². The van der Waals surface area contributed by atoms with Crippen LogP contribution in [0.1, 0.15) is 42.9 Å². The van der Waals surface area contributed by atoms with Crippen LogP contribution in [0.3, 0.4) is 0 Å². The molecule has 2 aromatic carbocycles. The minimum Gasteiger partial charge on any atom is -0.497 e. The van der Waals surface area contributed by atoms with Gasteiger partial charge in [-0.05, 0) is 49.1 Å². The molecule has 1 saturated heterocycles. The lowest BCUT2D eigenvalue weighted by Crippen LogP contribution is -2.33. The Morgan fingerprint density at radius 3 is 2.36 bits per heavy atom. The number of hydrogen-bond acceptors (Lipinski definition) is 6. The lowest BCUT2D eigenvalue weighted by atomic mass is 10.0. The number of carbonyl (C=O) groups excluding carboxylic acids is 1. The fourth-order valence-electron chi connectivity index (χ4n) is 4.18. The first-order valence-electron chi connectivity index (χ1n) is 11.5. The molecule has 1 fully saturated rings. The molecule has 33 heavy (non-hydrogen) atoms. The molecular weight excluding hydrogens is 414 g/mol. The van der Waals surface area contributed by atoms with E-state index in [-0.39, 0.29) is 5.91 Å². The highest BCUT2D eigenvalue weighted by Gasteiger charge is 2.29. The maximum absolute atomic E-state index is 13.1. The van der Waals surface area contributed by atoms with Crippen LogP contribution in [-0.2, 0) is 11.2 Å². The molecule has 7 nitrogen and oxygen atoms in total. The second kappa shape index (κ2) is 10.8. The minimum absolute atomic E-state index is 0.341. The number of anilines is 1. The van der Waals surface area contributed by atoms with Gasteiger partial charge in [0.2, 0.25) is 5.91 Å². The molecule has 1 aliphatic heterocycles. The first-order chi connectivity index (χ1) is 16.2. The van der Waals surface area contributed by atoms with Gasteiger partial charge in [-0.1, -0.05) is 37.1 Å². The number of rotatable bonds is 7. The average Bonchev–Trinajstić information content (AvgIpc) is 3.14. The Kier molecular flexibility index (Phi) is 7.36. The molecule has 1 aromatic heterocycles. The zero-order valence-electron chi connectivity index (χ0n) is 19.0. The van der Waals surface area contributed by atoms with Crippen molar-refractivity contribution in [2.45, 2.75) is 38.0 Å². The van der Waals surface area contributed by atoms with Crippen LogP contribution in [0, 0.1) is 11.3 Å². The molecule has 7 heteroatoms. The van der Waals surface area contributed by atoms with Crippen molar-refractivity contribution >= 4 is 22.8 Å². The van der Waals surface area contributed by atoms with Crippen LogP contribution in [0.2, 0.25) is 0 Å². The Hall–Kier alpha value is -3.66. The van der Waals surface area contributed by atoms with E-state index < -0.39 is 5.92 Å². The Labute approximate surface area is 194 Å². The molecule has 2 heterocycles. The van der Waals surface area contributed by atoms with Crippen LogP contribution < -0.4 is 15.0 Å². The highest BCUT2D eigenvalue weighted by atomic mass is 16.5. The smallest absolute Gasteiger partial charge is 0.243 e. The molecule has 4 rings (SSSR count). The number of benzene rings is 2. The second-order valence-corrected chi connectivity index (χ2v) is 8.27. The number of para-hydroxylation sites is 2. The molecule has 0 radical (unpaired) electrons. The SMILES string of the molecule is COc1ccc(CCNC(=O)C(C#N)c2nc3ccccc3nc2N2CCCCCC2)cc1. The number of aromatic nitrogens is 2. The minimum atomic E-state index is -1.02. The van der Waals surface area contributed by atoms with Crippen molar-refractivity contribution in [2.75, 3.05) is 31.6 Å². The Morgan fingerprint density at radius 2 is 1.73 bits per heavy atom. The monoisotopic (exact) mass is 443 g/mol. The summed E-state index contributed by atoms with van der Waals surface area (Å²) < 4.78 is 5.18. The fraction of sp³-hybridized carbons (Fsp3) is 0.385. The summed E-state index contributed by atoms with van der Waals surface area (Å²) in [6, 6.07) is 17.5. The number of hydrogen-bond donors (Lipinski definition) is 1. The summed E-state index contributed by atoms with van der Waals surface area (Å²) in [6.07, 6.45) is 5.16. The van der Waals surface area contributed by atoms with E-state index in [2.05, 4.69) is 16.3 Å². The lowest BCUT2D eigenvalue weighted by Gasteiger charge is -2.25. The number of nitriles is 1. The maximum Gasteiger partial charge on any atom is 0.243 e. The molecule has 1 amide bonds. The molecule has 1 unspecified atom stereocenters. The van der Waals surface area contributed by atoms with Crippen molar-refractivity contribution in [2.24, 2.45) is 0 Å². The van der Waals surface area contributed by atoms with E-state index in [0.717, 1.165) is 42.8 Å².